The van der Waals surface area contributed by atoms with Gasteiger partial charge in [-0.3, -0.25) is 9.52 Å². The molecule has 23 heavy (non-hydrogen) atoms. The van der Waals surface area contributed by atoms with Gasteiger partial charge in [0.2, 0.25) is 15.9 Å². The summed E-state index contributed by atoms with van der Waals surface area (Å²) in [5.74, 6) is -0.728. The Balaban J connectivity index is 1.94. The van der Waals surface area contributed by atoms with Crippen molar-refractivity contribution in [1.29, 1.82) is 5.26 Å². The Kier molecular flexibility index (Phi) is 5.42. The Morgan fingerprint density at radius 3 is 2.87 bits per heavy atom. The fourth-order valence-electron chi connectivity index (χ4n) is 2.91. The molecule has 6 heteroatoms. The number of nitrogens with zero attached hydrogens (tertiary/aromatic N) is 1. The van der Waals surface area contributed by atoms with Crippen LogP contribution in [0.5, 0.6) is 0 Å². The van der Waals surface area contributed by atoms with Gasteiger partial charge < -0.3 is 0 Å². The molecule has 0 heterocycles. The molecule has 3 atom stereocenters. The summed E-state index contributed by atoms with van der Waals surface area (Å²) >= 11 is 0. The number of hydrogen-bond donors (Lipinski definition) is 1. The molecule has 1 aliphatic carbocycles. The van der Waals surface area contributed by atoms with Crippen LogP contribution in [0.15, 0.2) is 24.3 Å². The molecule has 0 radical (unpaired) electrons. The molecular formula is C17H22N2O3S. The SMILES string of the molecule is CCC[C@H](C)CS(=O)(=O)NC(=O)[C@H]1C[C@H]1c1cccc(C#N)c1. The lowest BCUT2D eigenvalue weighted by Crippen LogP contribution is -2.35. The van der Waals surface area contributed by atoms with Crippen molar-refractivity contribution in [3.63, 3.8) is 0 Å². The van der Waals surface area contributed by atoms with Crippen molar-refractivity contribution < 1.29 is 13.2 Å². The zero-order valence-corrected chi connectivity index (χ0v) is 14.3. The van der Waals surface area contributed by atoms with E-state index in [9.17, 15) is 13.2 Å². The number of nitriles is 1. The van der Waals surface area contributed by atoms with Gasteiger partial charge in [0.1, 0.15) is 0 Å². The molecule has 1 fully saturated rings. The molecule has 1 amide bonds. The third-order valence-corrected chi connectivity index (χ3v) is 5.63. The van der Waals surface area contributed by atoms with Gasteiger partial charge in [0.25, 0.3) is 0 Å². The van der Waals surface area contributed by atoms with Crippen LogP contribution < -0.4 is 4.72 Å². The van der Waals surface area contributed by atoms with Gasteiger partial charge in [0.05, 0.1) is 17.4 Å². The minimum Gasteiger partial charge on any atom is -0.274 e. The van der Waals surface area contributed by atoms with Gasteiger partial charge in [-0.25, -0.2) is 8.42 Å². The van der Waals surface area contributed by atoms with E-state index < -0.39 is 15.9 Å². The minimum absolute atomic E-state index is 0.00608. The highest BCUT2D eigenvalue weighted by molar-refractivity contribution is 7.90. The fourth-order valence-corrected chi connectivity index (χ4v) is 4.37. The van der Waals surface area contributed by atoms with E-state index in [1.54, 1.807) is 18.2 Å². The quantitative estimate of drug-likeness (QED) is 0.830. The summed E-state index contributed by atoms with van der Waals surface area (Å²) in [5.41, 5.74) is 1.47. The molecule has 1 aromatic rings. The summed E-state index contributed by atoms with van der Waals surface area (Å²) in [4.78, 5) is 12.1. The number of nitrogens with one attached hydrogen (secondary N) is 1. The van der Waals surface area contributed by atoms with Crippen molar-refractivity contribution in [2.75, 3.05) is 5.75 Å². The van der Waals surface area contributed by atoms with Crippen LogP contribution in [-0.2, 0) is 14.8 Å². The molecule has 2 rings (SSSR count). The number of hydrogen-bond acceptors (Lipinski definition) is 4. The first-order valence-corrected chi connectivity index (χ1v) is 9.56. The Morgan fingerprint density at radius 2 is 2.22 bits per heavy atom. The molecule has 1 aromatic carbocycles. The maximum Gasteiger partial charge on any atom is 0.237 e. The Labute approximate surface area is 137 Å². The van der Waals surface area contributed by atoms with Crippen LogP contribution in [0.25, 0.3) is 0 Å². The summed E-state index contributed by atoms with van der Waals surface area (Å²) in [6.45, 7) is 3.88. The molecule has 0 spiro atoms. The number of sulfonamides is 1. The lowest BCUT2D eigenvalue weighted by molar-refractivity contribution is -0.120. The van der Waals surface area contributed by atoms with Crippen LogP contribution >= 0.6 is 0 Å². The van der Waals surface area contributed by atoms with Crippen LogP contribution in [-0.4, -0.2) is 20.1 Å². The topological polar surface area (TPSA) is 87.0 Å². The van der Waals surface area contributed by atoms with E-state index in [-0.39, 0.29) is 23.5 Å². The molecule has 1 aliphatic rings. The molecule has 0 bridgehead atoms. The summed E-state index contributed by atoms with van der Waals surface area (Å²) < 4.78 is 26.3. The monoisotopic (exact) mass is 334 g/mol. The Bertz CT molecular complexity index is 722. The number of amides is 1. The summed E-state index contributed by atoms with van der Waals surface area (Å²) in [6.07, 6.45) is 2.37. The van der Waals surface area contributed by atoms with Crippen molar-refractivity contribution in [1.82, 2.24) is 4.72 Å². The predicted octanol–water partition coefficient (Wildman–Crippen LogP) is 2.54. The summed E-state index contributed by atoms with van der Waals surface area (Å²) in [7, 11) is -3.58. The largest absolute Gasteiger partial charge is 0.274 e. The van der Waals surface area contributed by atoms with Crippen LogP contribution in [0.4, 0.5) is 0 Å². The van der Waals surface area contributed by atoms with Gasteiger partial charge >= 0.3 is 0 Å². The van der Waals surface area contributed by atoms with Gasteiger partial charge in [0, 0.05) is 5.92 Å². The number of rotatable bonds is 7. The van der Waals surface area contributed by atoms with Crippen LogP contribution in [0.2, 0.25) is 0 Å². The highest BCUT2D eigenvalue weighted by Gasteiger charge is 2.45. The van der Waals surface area contributed by atoms with E-state index in [4.69, 9.17) is 5.26 Å². The summed E-state index contributed by atoms with van der Waals surface area (Å²) in [6, 6.07) is 9.19. The molecule has 1 N–H and O–H groups in total. The van der Waals surface area contributed by atoms with E-state index in [0.29, 0.717) is 12.0 Å². The predicted molar refractivity (Wildman–Crippen MR) is 88.0 cm³/mol. The first kappa shape index (κ1) is 17.5. The molecule has 1 saturated carbocycles. The van der Waals surface area contributed by atoms with E-state index in [1.165, 1.54) is 0 Å². The molecule has 0 aromatic heterocycles. The van der Waals surface area contributed by atoms with Gasteiger partial charge in [-0.1, -0.05) is 32.4 Å². The molecule has 124 valence electrons. The first-order valence-electron chi connectivity index (χ1n) is 7.90. The molecule has 0 aliphatic heterocycles. The third-order valence-electron chi connectivity index (χ3n) is 4.11. The van der Waals surface area contributed by atoms with Crippen molar-refractivity contribution in [3.8, 4) is 6.07 Å². The van der Waals surface area contributed by atoms with E-state index in [1.807, 2.05) is 19.9 Å². The maximum atomic E-state index is 12.1. The normalized spacial score (nSPS) is 21.3. The van der Waals surface area contributed by atoms with Gasteiger partial charge in [0.15, 0.2) is 0 Å². The lowest BCUT2D eigenvalue weighted by Gasteiger charge is -2.11. The average molecular weight is 334 g/mol. The van der Waals surface area contributed by atoms with E-state index in [0.717, 1.165) is 18.4 Å². The molecule has 5 nitrogen and oxygen atoms in total. The Hall–Kier alpha value is -1.87. The van der Waals surface area contributed by atoms with Crippen molar-refractivity contribution in [2.24, 2.45) is 11.8 Å². The average Bonchev–Trinajstić information content (AvgIpc) is 3.27. The first-order chi connectivity index (χ1) is 10.9. The number of benzene rings is 1. The third kappa shape index (κ3) is 4.80. The van der Waals surface area contributed by atoms with E-state index >= 15 is 0 Å². The fraction of sp³-hybridized carbons (Fsp3) is 0.529. The molecular weight excluding hydrogens is 312 g/mol. The lowest BCUT2D eigenvalue weighted by atomic mass is 10.1. The Morgan fingerprint density at radius 1 is 1.48 bits per heavy atom. The zero-order chi connectivity index (χ0) is 17.0. The maximum absolute atomic E-state index is 12.1. The smallest absolute Gasteiger partial charge is 0.237 e. The van der Waals surface area contributed by atoms with Gasteiger partial charge in [-0.15, -0.1) is 0 Å². The van der Waals surface area contributed by atoms with E-state index in [2.05, 4.69) is 10.8 Å². The van der Waals surface area contributed by atoms with Crippen molar-refractivity contribution in [2.45, 2.75) is 39.0 Å². The van der Waals surface area contributed by atoms with Crippen molar-refractivity contribution in [3.05, 3.63) is 35.4 Å². The van der Waals surface area contributed by atoms with Crippen molar-refractivity contribution >= 4 is 15.9 Å². The molecule has 0 unspecified atom stereocenters. The van der Waals surface area contributed by atoms with Crippen LogP contribution in [0, 0.1) is 23.2 Å². The minimum atomic E-state index is -3.58. The second-order valence-corrected chi connectivity index (χ2v) is 8.09. The number of carbonyl (C=O) groups is 1. The highest BCUT2D eigenvalue weighted by Crippen LogP contribution is 2.47. The van der Waals surface area contributed by atoms with Crippen LogP contribution in [0.3, 0.4) is 0 Å². The standard InChI is InChI=1S/C17H22N2O3S/c1-3-5-12(2)11-23(21,22)19-17(20)16-9-15(16)14-7-4-6-13(8-14)10-18/h4,6-8,12,15-16H,3,5,9,11H2,1-2H3,(H,19,20)/t12-,15-,16-/m0/s1. The second kappa shape index (κ2) is 7.14. The zero-order valence-electron chi connectivity index (χ0n) is 13.5. The highest BCUT2D eigenvalue weighted by atomic mass is 32.2. The van der Waals surface area contributed by atoms with Gasteiger partial charge in [-0.05, 0) is 42.4 Å². The van der Waals surface area contributed by atoms with Gasteiger partial charge in [-0.2, -0.15) is 5.26 Å². The molecule has 0 saturated heterocycles. The number of carbonyl (C=O) groups excluding carboxylic acids is 1. The summed E-state index contributed by atoms with van der Waals surface area (Å²) in [5, 5.41) is 8.91. The van der Waals surface area contributed by atoms with Crippen LogP contribution in [0.1, 0.15) is 50.2 Å². The second-order valence-electron chi connectivity index (χ2n) is 6.33.